The molecule has 32 heavy (non-hydrogen) atoms. The molecule has 0 fully saturated rings. The van der Waals surface area contributed by atoms with Crippen LogP contribution < -0.4 is 14.9 Å². The second kappa shape index (κ2) is 8.00. The van der Waals surface area contributed by atoms with Crippen molar-refractivity contribution in [2.24, 2.45) is 5.16 Å². The first-order valence-corrected chi connectivity index (χ1v) is 10.0. The predicted octanol–water partition coefficient (Wildman–Crippen LogP) is 5.96. The number of methoxy groups -OCH3 is 1. The van der Waals surface area contributed by atoms with Gasteiger partial charge in [0.05, 0.1) is 12.0 Å². The Labute approximate surface area is 183 Å². The second-order valence-corrected chi connectivity index (χ2v) is 7.28. The molecule has 0 aliphatic rings. The van der Waals surface area contributed by atoms with Crippen LogP contribution in [0.4, 0.5) is 5.69 Å². The minimum absolute atomic E-state index is 0.00212. The average molecular weight is 422 g/mol. The molecule has 0 unspecified atom stereocenters. The smallest absolute Gasteiger partial charge is 0.269 e. The van der Waals surface area contributed by atoms with Crippen LogP contribution in [0.1, 0.15) is 0 Å². The van der Waals surface area contributed by atoms with Crippen LogP contribution in [0.2, 0.25) is 0 Å². The quantitative estimate of drug-likeness (QED) is 0.265. The lowest BCUT2D eigenvalue weighted by molar-refractivity contribution is -0.384. The number of rotatable bonds is 4. The third-order valence-corrected chi connectivity index (χ3v) is 5.46. The number of hydrogen-bond donors (Lipinski definition) is 0. The van der Waals surface area contributed by atoms with E-state index in [0.29, 0.717) is 11.1 Å². The van der Waals surface area contributed by atoms with Crippen molar-refractivity contribution in [3.05, 3.63) is 106 Å². The Morgan fingerprint density at radius 2 is 1.22 bits per heavy atom. The first-order valence-electron chi connectivity index (χ1n) is 10.0. The predicted molar refractivity (Wildman–Crippen MR) is 125 cm³/mol. The van der Waals surface area contributed by atoms with Crippen LogP contribution in [0.5, 0.6) is 11.5 Å². The Morgan fingerprint density at radius 1 is 0.688 bits per heavy atom. The summed E-state index contributed by atoms with van der Waals surface area (Å²) in [4.78, 5) is 16.2. The van der Waals surface area contributed by atoms with Crippen LogP contribution in [-0.4, -0.2) is 12.0 Å². The van der Waals surface area contributed by atoms with Crippen molar-refractivity contribution in [2.75, 3.05) is 7.11 Å². The molecule has 0 amide bonds. The molecule has 5 rings (SSSR count). The van der Waals surface area contributed by atoms with Gasteiger partial charge in [0.2, 0.25) is 0 Å². The van der Waals surface area contributed by atoms with Crippen molar-refractivity contribution in [3.63, 3.8) is 0 Å². The molecule has 0 aliphatic heterocycles. The summed E-state index contributed by atoms with van der Waals surface area (Å²) in [5.74, 6) is 1.16. The summed E-state index contributed by atoms with van der Waals surface area (Å²) in [6.07, 6.45) is 0. The van der Waals surface area contributed by atoms with Crippen molar-refractivity contribution in [1.82, 2.24) is 0 Å². The van der Waals surface area contributed by atoms with Gasteiger partial charge in [-0.3, -0.25) is 10.1 Å². The lowest BCUT2D eigenvalue weighted by atomic mass is 10.1. The highest BCUT2D eigenvalue weighted by Crippen LogP contribution is 2.30. The van der Waals surface area contributed by atoms with E-state index in [1.165, 1.54) is 24.3 Å². The van der Waals surface area contributed by atoms with Gasteiger partial charge in [0.25, 0.3) is 5.69 Å². The van der Waals surface area contributed by atoms with E-state index in [2.05, 4.69) is 23.4 Å². The fourth-order valence-electron chi connectivity index (χ4n) is 3.93. The van der Waals surface area contributed by atoms with Gasteiger partial charge in [-0.25, -0.2) is 0 Å². The van der Waals surface area contributed by atoms with Gasteiger partial charge in [0.1, 0.15) is 11.1 Å². The first-order chi connectivity index (χ1) is 15.7. The Bertz CT molecular complexity index is 1560. The van der Waals surface area contributed by atoms with E-state index >= 15 is 0 Å². The maximum absolute atomic E-state index is 10.9. The van der Waals surface area contributed by atoms with Crippen LogP contribution in [0.25, 0.3) is 32.3 Å². The highest BCUT2D eigenvalue weighted by Gasteiger charge is 2.10. The maximum atomic E-state index is 10.9. The van der Waals surface area contributed by atoms with Crippen molar-refractivity contribution in [2.45, 2.75) is 0 Å². The number of nitro groups is 1. The van der Waals surface area contributed by atoms with Crippen molar-refractivity contribution in [3.8, 4) is 11.5 Å². The van der Waals surface area contributed by atoms with E-state index in [4.69, 9.17) is 9.57 Å². The summed E-state index contributed by atoms with van der Waals surface area (Å²) in [5.41, 5.74) is -0.00212. The Balaban J connectivity index is 1.85. The van der Waals surface area contributed by atoms with Crippen molar-refractivity contribution in [1.29, 1.82) is 0 Å². The van der Waals surface area contributed by atoms with Gasteiger partial charge < -0.3 is 9.57 Å². The van der Waals surface area contributed by atoms with E-state index in [9.17, 15) is 10.1 Å². The summed E-state index contributed by atoms with van der Waals surface area (Å²) in [7, 11) is 1.64. The summed E-state index contributed by atoms with van der Waals surface area (Å²) in [5, 5.41) is 22.2. The Kier molecular flexibility index (Phi) is 4.88. The van der Waals surface area contributed by atoms with E-state index in [-0.39, 0.29) is 5.69 Å². The molecular formula is C26H18N2O4. The molecule has 0 aromatic heterocycles. The lowest BCUT2D eigenvalue weighted by Gasteiger charge is -2.03. The molecule has 0 aliphatic carbocycles. The number of non-ortho nitro benzene ring substituents is 1. The number of nitrogens with zero attached hydrogens (tertiary/aromatic N) is 2. The molecule has 0 N–H and O–H groups in total. The van der Waals surface area contributed by atoms with Gasteiger partial charge in [-0.05, 0) is 51.9 Å². The molecule has 0 saturated heterocycles. The zero-order valence-electron chi connectivity index (χ0n) is 17.2. The highest BCUT2D eigenvalue weighted by molar-refractivity contribution is 6.17. The normalized spacial score (nSPS) is 11.7. The third-order valence-electron chi connectivity index (χ3n) is 5.46. The molecule has 0 spiro atoms. The summed E-state index contributed by atoms with van der Waals surface area (Å²) >= 11 is 0. The summed E-state index contributed by atoms with van der Waals surface area (Å²) in [6, 6.07) is 28.0. The molecule has 6 nitrogen and oxygen atoms in total. The van der Waals surface area contributed by atoms with Crippen molar-refractivity contribution < 1.29 is 14.5 Å². The van der Waals surface area contributed by atoms with Crippen LogP contribution in [0.3, 0.4) is 0 Å². The summed E-state index contributed by atoms with van der Waals surface area (Å²) < 4.78 is 5.48. The zero-order valence-corrected chi connectivity index (χ0v) is 17.2. The standard InChI is InChI=1S/C26H18N2O4/c1-31-19-14-15-24-25(16-19)22-8-3-2-6-20(22)21-7-4-5-9-23(21)26(24)27-32-18-12-10-17(11-13-18)28(29)30/h2-16H,1H3. The SMILES string of the molecule is COc1ccc2c(=NOc3ccc([N+](=O)[O-])cc3)c3ccccc3c3ccccc3c2c1. The van der Waals surface area contributed by atoms with Crippen LogP contribution in [0.15, 0.2) is 96.2 Å². The largest absolute Gasteiger partial charge is 0.497 e. The molecule has 5 aromatic carbocycles. The number of hydrogen-bond acceptors (Lipinski definition) is 5. The monoisotopic (exact) mass is 422 g/mol. The van der Waals surface area contributed by atoms with Gasteiger partial charge in [-0.1, -0.05) is 53.7 Å². The average Bonchev–Trinajstić information content (AvgIpc) is 2.95. The molecule has 156 valence electrons. The fraction of sp³-hybridized carbons (Fsp3) is 0.0385. The topological polar surface area (TPSA) is 74.0 Å². The molecule has 0 heterocycles. The number of fused-ring (bicyclic) bond motifs is 5. The third kappa shape index (κ3) is 3.37. The maximum Gasteiger partial charge on any atom is 0.269 e. The van der Waals surface area contributed by atoms with Gasteiger partial charge in [-0.15, -0.1) is 0 Å². The number of nitro benzene ring substituents is 1. The van der Waals surface area contributed by atoms with Gasteiger partial charge in [0, 0.05) is 22.9 Å². The van der Waals surface area contributed by atoms with Crippen LogP contribution >= 0.6 is 0 Å². The zero-order chi connectivity index (χ0) is 22.1. The van der Waals surface area contributed by atoms with Crippen LogP contribution in [-0.2, 0) is 0 Å². The van der Waals surface area contributed by atoms with Gasteiger partial charge in [0.15, 0.2) is 5.75 Å². The number of benzene rings is 4. The van der Waals surface area contributed by atoms with Crippen molar-refractivity contribution >= 4 is 38.0 Å². The first kappa shape index (κ1) is 19.5. The lowest BCUT2D eigenvalue weighted by Crippen LogP contribution is -2.05. The molecule has 0 saturated carbocycles. The van der Waals surface area contributed by atoms with Gasteiger partial charge in [-0.2, -0.15) is 0 Å². The number of ether oxygens (including phenoxy) is 1. The molecule has 0 radical (unpaired) electrons. The molecular weight excluding hydrogens is 404 g/mol. The minimum atomic E-state index is -0.446. The van der Waals surface area contributed by atoms with E-state index in [1.54, 1.807) is 7.11 Å². The second-order valence-electron chi connectivity index (χ2n) is 7.28. The summed E-state index contributed by atoms with van der Waals surface area (Å²) in [6.45, 7) is 0. The van der Waals surface area contributed by atoms with E-state index in [1.807, 2.05) is 48.5 Å². The Hall–Kier alpha value is -4.45. The molecule has 0 bridgehead atoms. The van der Waals surface area contributed by atoms with E-state index < -0.39 is 4.92 Å². The molecule has 5 aromatic rings. The van der Waals surface area contributed by atoms with Crippen LogP contribution in [0, 0.1) is 10.1 Å². The molecule has 0 atom stereocenters. The molecule has 6 heteroatoms. The highest BCUT2D eigenvalue weighted by atomic mass is 16.6. The van der Waals surface area contributed by atoms with E-state index in [0.717, 1.165) is 38.1 Å². The fourth-order valence-corrected chi connectivity index (χ4v) is 3.93. The minimum Gasteiger partial charge on any atom is -0.497 e. The van der Waals surface area contributed by atoms with Gasteiger partial charge >= 0.3 is 0 Å². The Morgan fingerprint density at radius 3 is 1.84 bits per heavy atom.